The number of amides is 2. The maximum atomic E-state index is 11.9. The molecule has 0 bridgehead atoms. The lowest BCUT2D eigenvalue weighted by Gasteiger charge is -2.04. The first-order chi connectivity index (χ1) is 9.52. The van der Waals surface area contributed by atoms with E-state index in [4.69, 9.17) is 0 Å². The Labute approximate surface area is 119 Å². The third-order valence-electron chi connectivity index (χ3n) is 2.71. The molecule has 0 saturated carbocycles. The second-order valence-electron chi connectivity index (χ2n) is 4.65. The second kappa shape index (κ2) is 8.09. The minimum atomic E-state index is -0.254. The van der Waals surface area contributed by atoms with Crippen molar-refractivity contribution in [3.05, 3.63) is 29.8 Å². The van der Waals surface area contributed by atoms with Crippen molar-refractivity contribution < 1.29 is 9.59 Å². The lowest BCUT2D eigenvalue weighted by Crippen LogP contribution is -2.19. The minimum absolute atomic E-state index is 0.140. The Kier molecular flexibility index (Phi) is 6.43. The molecule has 0 aromatic heterocycles. The van der Waals surface area contributed by atoms with Crippen LogP contribution in [0.25, 0.3) is 0 Å². The van der Waals surface area contributed by atoms with Crippen LogP contribution < -0.4 is 10.7 Å². The van der Waals surface area contributed by atoms with E-state index in [2.05, 4.69) is 22.8 Å². The lowest BCUT2D eigenvalue weighted by molar-refractivity contribution is -0.114. The summed E-state index contributed by atoms with van der Waals surface area (Å²) in [5, 5.41) is 6.70. The number of unbranched alkanes of at least 4 members (excludes halogenated alkanes) is 1. The topological polar surface area (TPSA) is 70.6 Å². The summed E-state index contributed by atoms with van der Waals surface area (Å²) < 4.78 is 0. The number of nitrogens with one attached hydrogen (secondary N) is 2. The van der Waals surface area contributed by atoms with Crippen LogP contribution in [0.3, 0.4) is 0 Å². The van der Waals surface area contributed by atoms with Crippen LogP contribution in [0.4, 0.5) is 5.69 Å². The van der Waals surface area contributed by atoms with Crippen LogP contribution in [-0.4, -0.2) is 17.5 Å². The van der Waals surface area contributed by atoms with Crippen molar-refractivity contribution in [3.63, 3.8) is 0 Å². The molecule has 1 aromatic rings. The Morgan fingerprint density at radius 1 is 1.15 bits per heavy atom. The first kappa shape index (κ1) is 15.9. The lowest BCUT2D eigenvalue weighted by atomic mass is 10.2. The van der Waals surface area contributed by atoms with E-state index in [1.807, 2.05) is 6.92 Å². The summed E-state index contributed by atoms with van der Waals surface area (Å²) >= 11 is 0. The summed E-state index contributed by atoms with van der Waals surface area (Å²) in [6, 6.07) is 6.67. The van der Waals surface area contributed by atoms with Gasteiger partial charge in [-0.1, -0.05) is 13.3 Å². The van der Waals surface area contributed by atoms with E-state index in [1.54, 1.807) is 24.3 Å². The maximum absolute atomic E-state index is 11.9. The fraction of sp³-hybridized carbons (Fsp3) is 0.400. The predicted octanol–water partition coefficient (Wildman–Crippen LogP) is 2.94. The molecular formula is C15H21N3O2. The van der Waals surface area contributed by atoms with Gasteiger partial charge in [0.2, 0.25) is 5.91 Å². The smallest absolute Gasteiger partial charge is 0.271 e. The number of hydrogen-bond acceptors (Lipinski definition) is 3. The zero-order chi connectivity index (χ0) is 15.0. The second-order valence-corrected chi connectivity index (χ2v) is 4.65. The number of anilines is 1. The van der Waals surface area contributed by atoms with Crippen molar-refractivity contribution in [2.45, 2.75) is 40.0 Å². The molecule has 0 atom stereocenters. The van der Waals surface area contributed by atoms with E-state index < -0.39 is 0 Å². The van der Waals surface area contributed by atoms with Crippen LogP contribution >= 0.6 is 0 Å². The highest BCUT2D eigenvalue weighted by molar-refractivity contribution is 5.96. The van der Waals surface area contributed by atoms with Gasteiger partial charge in [-0.25, -0.2) is 5.43 Å². The zero-order valence-electron chi connectivity index (χ0n) is 12.2. The Hall–Kier alpha value is -2.17. The van der Waals surface area contributed by atoms with Crippen molar-refractivity contribution in [3.8, 4) is 0 Å². The molecule has 2 amide bonds. The molecule has 0 spiro atoms. The van der Waals surface area contributed by atoms with Gasteiger partial charge in [0.15, 0.2) is 0 Å². The molecule has 0 saturated heterocycles. The molecule has 0 aliphatic rings. The molecule has 0 radical (unpaired) electrons. The number of rotatable bonds is 6. The van der Waals surface area contributed by atoms with Crippen molar-refractivity contribution in [2.75, 3.05) is 5.32 Å². The van der Waals surface area contributed by atoms with Gasteiger partial charge >= 0.3 is 0 Å². The highest BCUT2D eigenvalue weighted by Gasteiger charge is 2.04. The average molecular weight is 275 g/mol. The molecule has 5 nitrogen and oxygen atoms in total. The highest BCUT2D eigenvalue weighted by atomic mass is 16.2. The third-order valence-corrected chi connectivity index (χ3v) is 2.71. The maximum Gasteiger partial charge on any atom is 0.271 e. The van der Waals surface area contributed by atoms with Gasteiger partial charge in [0, 0.05) is 23.9 Å². The zero-order valence-corrected chi connectivity index (χ0v) is 12.2. The van der Waals surface area contributed by atoms with Crippen LogP contribution in [-0.2, 0) is 4.79 Å². The number of carbonyl (C=O) groups excluding carboxylic acids is 2. The molecule has 108 valence electrons. The first-order valence-electron chi connectivity index (χ1n) is 6.74. The predicted molar refractivity (Wildman–Crippen MR) is 80.8 cm³/mol. The van der Waals surface area contributed by atoms with E-state index in [1.165, 1.54) is 6.92 Å². The molecule has 0 fully saturated rings. The van der Waals surface area contributed by atoms with Crippen molar-refractivity contribution in [1.29, 1.82) is 0 Å². The fourth-order valence-corrected chi connectivity index (χ4v) is 1.61. The largest absolute Gasteiger partial charge is 0.326 e. The number of nitrogens with zero attached hydrogens (tertiary/aromatic N) is 1. The number of hydrazone groups is 1. The van der Waals surface area contributed by atoms with Crippen LogP contribution in [0.1, 0.15) is 50.4 Å². The summed E-state index contributed by atoms with van der Waals surface area (Å²) in [6.07, 6.45) is 3.06. The van der Waals surface area contributed by atoms with E-state index in [-0.39, 0.29) is 11.8 Å². The van der Waals surface area contributed by atoms with Crippen LogP contribution in [0.5, 0.6) is 0 Å². The van der Waals surface area contributed by atoms with Gasteiger partial charge in [0.05, 0.1) is 0 Å². The van der Waals surface area contributed by atoms with Gasteiger partial charge < -0.3 is 5.32 Å². The number of carbonyl (C=O) groups is 2. The van der Waals surface area contributed by atoms with Crippen LogP contribution in [0.2, 0.25) is 0 Å². The molecule has 2 N–H and O–H groups in total. The molecule has 5 heteroatoms. The monoisotopic (exact) mass is 275 g/mol. The van der Waals surface area contributed by atoms with E-state index in [9.17, 15) is 9.59 Å². The minimum Gasteiger partial charge on any atom is -0.326 e. The average Bonchev–Trinajstić information content (AvgIpc) is 2.42. The highest BCUT2D eigenvalue weighted by Crippen LogP contribution is 2.09. The van der Waals surface area contributed by atoms with Gasteiger partial charge in [0.1, 0.15) is 0 Å². The van der Waals surface area contributed by atoms with Crippen molar-refractivity contribution in [1.82, 2.24) is 5.43 Å². The summed E-state index contributed by atoms with van der Waals surface area (Å²) in [4.78, 5) is 22.7. The van der Waals surface area contributed by atoms with Gasteiger partial charge in [-0.3, -0.25) is 9.59 Å². The van der Waals surface area contributed by atoms with E-state index in [0.717, 1.165) is 25.0 Å². The number of hydrogen-bond donors (Lipinski definition) is 2. The van der Waals surface area contributed by atoms with Crippen molar-refractivity contribution >= 4 is 23.2 Å². The third kappa shape index (κ3) is 5.65. The molecular weight excluding hydrogens is 254 g/mol. The Bertz CT molecular complexity index is 492. The Morgan fingerprint density at radius 2 is 1.80 bits per heavy atom. The Balaban J connectivity index is 2.57. The summed E-state index contributed by atoms with van der Waals surface area (Å²) in [5.41, 5.74) is 4.61. The first-order valence-corrected chi connectivity index (χ1v) is 6.74. The van der Waals surface area contributed by atoms with Crippen LogP contribution in [0, 0.1) is 0 Å². The molecule has 0 aliphatic carbocycles. The molecule has 0 heterocycles. The summed E-state index contributed by atoms with van der Waals surface area (Å²) in [5.74, 6) is -0.395. The van der Waals surface area contributed by atoms with Crippen LogP contribution in [0.15, 0.2) is 29.4 Å². The summed E-state index contributed by atoms with van der Waals surface area (Å²) in [6.45, 7) is 5.45. The fourth-order valence-electron chi connectivity index (χ4n) is 1.61. The summed E-state index contributed by atoms with van der Waals surface area (Å²) in [7, 11) is 0. The van der Waals surface area contributed by atoms with E-state index >= 15 is 0 Å². The van der Waals surface area contributed by atoms with Crippen molar-refractivity contribution in [2.24, 2.45) is 5.10 Å². The SMILES string of the molecule is CCCC/C(C)=N/NC(=O)c1ccc(NC(C)=O)cc1. The quantitative estimate of drug-likeness (QED) is 0.619. The Morgan fingerprint density at radius 3 is 2.35 bits per heavy atom. The molecule has 0 aliphatic heterocycles. The molecule has 1 rings (SSSR count). The van der Waals surface area contributed by atoms with Gasteiger partial charge in [-0.15, -0.1) is 0 Å². The van der Waals surface area contributed by atoms with E-state index in [0.29, 0.717) is 11.3 Å². The number of benzene rings is 1. The van der Waals surface area contributed by atoms with Gasteiger partial charge in [0.25, 0.3) is 5.91 Å². The molecule has 1 aromatic carbocycles. The standard InChI is InChI=1S/C15H21N3O2/c1-4-5-6-11(2)17-18-15(20)13-7-9-14(10-8-13)16-12(3)19/h7-10H,4-6H2,1-3H3,(H,16,19)(H,18,20)/b17-11+. The normalized spacial score (nSPS) is 11.1. The molecule has 20 heavy (non-hydrogen) atoms. The van der Waals surface area contributed by atoms with Gasteiger partial charge in [-0.2, -0.15) is 5.10 Å². The van der Waals surface area contributed by atoms with Gasteiger partial charge in [-0.05, 0) is 44.0 Å². The molecule has 0 unspecified atom stereocenters.